The molecule has 0 bridgehead atoms. The summed E-state index contributed by atoms with van der Waals surface area (Å²) >= 11 is -1.86. The Balaban J connectivity index is 3.82. The molecule has 0 aliphatic carbocycles. The fraction of sp³-hybridized carbons (Fsp3) is 0.750. The molecule has 10 heavy (non-hydrogen) atoms. The summed E-state index contributed by atoms with van der Waals surface area (Å²) in [6.45, 7) is 1.86. The van der Waals surface area contributed by atoms with E-state index in [0.29, 0.717) is 4.31 Å². The summed E-state index contributed by atoms with van der Waals surface area (Å²) < 4.78 is 15.7. The molecular weight excluding hydrogens is 158 g/mol. The van der Waals surface area contributed by atoms with Gasteiger partial charge in [-0.25, -0.2) is 13.3 Å². The van der Waals surface area contributed by atoms with Crippen molar-refractivity contribution in [1.82, 2.24) is 4.31 Å². The van der Waals surface area contributed by atoms with Gasteiger partial charge < -0.3 is 5.11 Å². The van der Waals surface area contributed by atoms with Crippen molar-refractivity contribution in [3.63, 3.8) is 0 Å². The minimum absolute atomic E-state index is 0.226. The number of hydrogen-bond acceptors (Lipinski definition) is 3. The first-order valence-electron chi connectivity index (χ1n) is 2.61. The molecule has 0 aromatic heterocycles. The minimum atomic E-state index is -1.86. The van der Waals surface area contributed by atoms with E-state index in [1.807, 2.05) is 0 Å². The molecule has 60 valence electrons. The quantitative estimate of drug-likeness (QED) is 0.652. The maximum atomic E-state index is 10.6. The number of amides is 1. The highest BCUT2D eigenvalue weighted by atomic mass is 32.2. The molecule has 5 nitrogen and oxygen atoms in total. The van der Waals surface area contributed by atoms with Gasteiger partial charge in [0, 0.05) is 7.05 Å². The molecule has 0 saturated carbocycles. The van der Waals surface area contributed by atoms with Crippen LogP contribution in [0.2, 0.25) is 0 Å². The van der Waals surface area contributed by atoms with Gasteiger partial charge in [-0.2, -0.15) is 0 Å². The van der Waals surface area contributed by atoms with Crippen LogP contribution in [0.15, 0.2) is 0 Å². The summed E-state index contributed by atoms with van der Waals surface area (Å²) in [6.07, 6.45) is -1.27. The first kappa shape index (κ1) is 9.38. The summed E-state index contributed by atoms with van der Waals surface area (Å²) in [6, 6.07) is 0. The molecule has 0 heterocycles. The van der Waals surface area contributed by atoms with Crippen LogP contribution in [0.4, 0.5) is 4.79 Å². The van der Waals surface area contributed by atoms with Gasteiger partial charge in [-0.05, 0) is 6.92 Å². The largest absolute Gasteiger partial charge is 0.464 e. The Labute approximate surface area is 61.4 Å². The highest BCUT2D eigenvalue weighted by Crippen LogP contribution is 1.92. The van der Waals surface area contributed by atoms with Crippen molar-refractivity contribution in [2.45, 2.75) is 6.92 Å². The molecule has 1 amide bonds. The minimum Gasteiger partial charge on any atom is -0.464 e. The molecular formula is C4H9NO4S. The molecule has 0 aliphatic rings. The molecule has 0 aliphatic heterocycles. The van der Waals surface area contributed by atoms with E-state index in [-0.39, 0.29) is 6.61 Å². The van der Waals surface area contributed by atoms with Crippen LogP contribution < -0.4 is 0 Å². The Morgan fingerprint density at radius 2 is 2.30 bits per heavy atom. The van der Waals surface area contributed by atoms with E-state index in [2.05, 4.69) is 4.18 Å². The average Bonchev–Trinajstić information content (AvgIpc) is 1.87. The first-order chi connectivity index (χ1) is 4.59. The molecule has 0 fully saturated rings. The second-order valence-electron chi connectivity index (χ2n) is 1.40. The van der Waals surface area contributed by atoms with Crippen molar-refractivity contribution in [2.75, 3.05) is 13.7 Å². The van der Waals surface area contributed by atoms with E-state index >= 15 is 0 Å². The second-order valence-corrected chi connectivity index (χ2v) is 2.62. The third-order valence-corrected chi connectivity index (χ3v) is 1.75. The van der Waals surface area contributed by atoms with Crippen LogP contribution >= 0.6 is 0 Å². The number of hydrogen-bond donors (Lipinski definition) is 1. The van der Waals surface area contributed by atoms with E-state index in [1.165, 1.54) is 7.05 Å². The van der Waals surface area contributed by atoms with Gasteiger partial charge in [0.2, 0.25) is 0 Å². The lowest BCUT2D eigenvalue weighted by atomic mass is 10.9. The Hall–Kier alpha value is -0.620. The van der Waals surface area contributed by atoms with Crippen LogP contribution in [0.3, 0.4) is 0 Å². The van der Waals surface area contributed by atoms with Crippen molar-refractivity contribution < 1.29 is 18.3 Å². The molecule has 0 aromatic rings. The van der Waals surface area contributed by atoms with Crippen molar-refractivity contribution in [3.05, 3.63) is 0 Å². The van der Waals surface area contributed by atoms with Crippen molar-refractivity contribution in [1.29, 1.82) is 0 Å². The second kappa shape index (κ2) is 4.24. The smallest absolute Gasteiger partial charge is 0.420 e. The SMILES string of the molecule is CCOS(=O)N(C)C(=O)O. The zero-order valence-corrected chi connectivity index (χ0v) is 6.55. The standard InChI is InChI=1S/C4H9NO4S/c1-3-9-10(8)5(2)4(6)7/h3H2,1-2H3,(H,6,7). The fourth-order valence-electron chi connectivity index (χ4n) is 0.244. The van der Waals surface area contributed by atoms with Crippen LogP contribution in [-0.2, 0) is 15.4 Å². The Morgan fingerprint density at radius 1 is 1.80 bits per heavy atom. The molecule has 0 saturated heterocycles. The number of nitrogens with zero attached hydrogens (tertiary/aromatic N) is 1. The number of carbonyl (C=O) groups is 1. The van der Waals surface area contributed by atoms with Gasteiger partial charge in [0.05, 0.1) is 6.61 Å². The van der Waals surface area contributed by atoms with E-state index < -0.39 is 17.4 Å². The van der Waals surface area contributed by atoms with Gasteiger partial charge in [0.25, 0.3) is 11.3 Å². The van der Waals surface area contributed by atoms with E-state index in [0.717, 1.165) is 0 Å². The van der Waals surface area contributed by atoms with E-state index in [1.54, 1.807) is 6.92 Å². The molecule has 0 radical (unpaired) electrons. The summed E-state index contributed by atoms with van der Waals surface area (Å²) in [7, 11) is 1.17. The lowest BCUT2D eigenvalue weighted by molar-refractivity contribution is 0.175. The summed E-state index contributed by atoms with van der Waals surface area (Å²) in [5, 5.41) is 8.23. The predicted molar refractivity (Wildman–Crippen MR) is 35.6 cm³/mol. The molecule has 1 N–H and O–H groups in total. The van der Waals surface area contributed by atoms with Crippen molar-refractivity contribution in [3.8, 4) is 0 Å². The Bertz CT molecular complexity index is 148. The molecule has 6 heteroatoms. The first-order valence-corrected chi connectivity index (χ1v) is 3.64. The maximum Gasteiger partial charge on any atom is 0.420 e. The van der Waals surface area contributed by atoms with Crippen LogP contribution in [-0.4, -0.2) is 33.4 Å². The third-order valence-electron chi connectivity index (χ3n) is 0.712. The molecule has 1 unspecified atom stereocenters. The molecule has 1 atom stereocenters. The van der Waals surface area contributed by atoms with Gasteiger partial charge in [0.15, 0.2) is 0 Å². The average molecular weight is 167 g/mol. The summed E-state index contributed by atoms with van der Waals surface area (Å²) in [5.74, 6) is 0. The molecule has 0 spiro atoms. The van der Waals surface area contributed by atoms with Crippen LogP contribution in [0.25, 0.3) is 0 Å². The highest BCUT2D eigenvalue weighted by Gasteiger charge is 2.12. The Kier molecular flexibility index (Phi) is 3.97. The predicted octanol–water partition coefficient (Wildman–Crippen LogP) is 0.211. The van der Waals surface area contributed by atoms with Crippen LogP contribution in [0.1, 0.15) is 6.92 Å². The number of rotatable bonds is 3. The third kappa shape index (κ3) is 2.79. The molecule has 0 rings (SSSR count). The lowest BCUT2D eigenvalue weighted by Gasteiger charge is -2.09. The summed E-state index contributed by atoms with van der Waals surface area (Å²) in [4.78, 5) is 10.1. The highest BCUT2D eigenvalue weighted by molar-refractivity contribution is 7.78. The van der Waals surface area contributed by atoms with Gasteiger partial charge >= 0.3 is 6.09 Å². The van der Waals surface area contributed by atoms with Crippen molar-refractivity contribution in [2.24, 2.45) is 0 Å². The normalized spacial score (nSPS) is 12.6. The summed E-state index contributed by atoms with van der Waals surface area (Å²) in [5.41, 5.74) is 0. The monoisotopic (exact) mass is 167 g/mol. The topological polar surface area (TPSA) is 66.8 Å². The van der Waals surface area contributed by atoms with Crippen LogP contribution in [0, 0.1) is 0 Å². The van der Waals surface area contributed by atoms with Gasteiger partial charge in [-0.15, -0.1) is 0 Å². The van der Waals surface area contributed by atoms with E-state index in [9.17, 15) is 9.00 Å². The van der Waals surface area contributed by atoms with E-state index in [4.69, 9.17) is 5.11 Å². The van der Waals surface area contributed by atoms with Crippen LogP contribution in [0.5, 0.6) is 0 Å². The fourth-order valence-corrected chi connectivity index (χ4v) is 0.731. The van der Waals surface area contributed by atoms with Gasteiger partial charge in [-0.3, -0.25) is 4.18 Å². The van der Waals surface area contributed by atoms with Gasteiger partial charge in [-0.1, -0.05) is 0 Å². The maximum absolute atomic E-state index is 10.6. The molecule has 0 aromatic carbocycles. The van der Waals surface area contributed by atoms with Gasteiger partial charge in [0.1, 0.15) is 0 Å². The zero-order valence-electron chi connectivity index (χ0n) is 5.73. The van der Waals surface area contributed by atoms with Crippen molar-refractivity contribution >= 4 is 17.4 Å². The Morgan fingerprint density at radius 3 is 2.60 bits per heavy atom. The lowest BCUT2D eigenvalue weighted by Crippen LogP contribution is -2.28. The number of carboxylic acid groups (broad SMARTS) is 1. The zero-order chi connectivity index (χ0) is 8.15.